The van der Waals surface area contributed by atoms with E-state index >= 15 is 0 Å². The lowest BCUT2D eigenvalue weighted by molar-refractivity contribution is 0.268. The molecule has 52 heavy (non-hydrogen) atoms. The van der Waals surface area contributed by atoms with Crippen LogP contribution in [-0.2, 0) is 45.7 Å². The highest BCUT2D eigenvalue weighted by atomic mass is 31.2. The second-order valence-corrected chi connectivity index (χ2v) is 28.8. The predicted molar refractivity (Wildman–Crippen MR) is 171 cm³/mol. The molecule has 0 spiro atoms. The Morgan fingerprint density at radius 1 is 0.308 bits per heavy atom. The van der Waals surface area contributed by atoms with Crippen LogP contribution in [0.2, 0.25) is 0 Å². The van der Waals surface area contributed by atoms with Crippen LogP contribution in [0.15, 0.2) is 0 Å². The predicted octanol–water partition coefficient (Wildman–Crippen LogP) is -4.28. The topological polar surface area (TPSA) is 575 Å². The Labute approximate surface area is 291 Å². The standard InChI is InChI=1S/C11H34O30P10.B/c1-3(43(15,16)17)5(45(21,22)23)7(47(27,28)29)9(49(33,34)35)11(51(39,40)41)10(50(36,37)38)8(48(30,31)32)6(46(24,25)26)4(44(18,19)20)2-42(12,13)14;/h3-11H,2H2,1H3,(H2,12,13,14)(H2,15,16,17)(H2,18,19,20)(H2,21,22,23)(H2,24,25,26)(H2,27,28,29)(H2,30,31,32)(H2,33,34,35)(H2,36,37,38)(H2,39,40,41);. The molecule has 9 unspecified atom stereocenters. The van der Waals surface area contributed by atoms with Crippen molar-refractivity contribution in [1.29, 1.82) is 0 Å². The van der Waals surface area contributed by atoms with Gasteiger partial charge in [-0.2, -0.15) is 0 Å². The van der Waals surface area contributed by atoms with Crippen LogP contribution in [-0.4, -0.2) is 163 Å². The molecular formula is C11H34BO30P10. The van der Waals surface area contributed by atoms with Crippen molar-refractivity contribution in [2.45, 2.75) is 57.9 Å². The zero-order chi connectivity index (χ0) is 41.9. The van der Waals surface area contributed by atoms with Crippen LogP contribution >= 0.6 is 76.0 Å². The molecule has 0 heterocycles. The lowest BCUT2D eigenvalue weighted by Crippen LogP contribution is -2.56. The first-order chi connectivity index (χ1) is 21.6. The van der Waals surface area contributed by atoms with Gasteiger partial charge in [-0.3, -0.25) is 45.7 Å². The van der Waals surface area contributed by atoms with Crippen LogP contribution in [0.3, 0.4) is 0 Å². The van der Waals surface area contributed by atoms with Gasteiger partial charge in [-0.25, -0.2) is 0 Å². The van der Waals surface area contributed by atoms with Crippen LogP contribution in [0.5, 0.6) is 0 Å². The first kappa shape index (κ1) is 55.7. The Hall–Kier alpha value is 1.56. The van der Waals surface area contributed by atoms with E-state index in [1.807, 2.05) is 0 Å². The van der Waals surface area contributed by atoms with Gasteiger partial charge in [0.25, 0.3) is 0 Å². The zero-order valence-corrected chi connectivity index (χ0v) is 33.9. The van der Waals surface area contributed by atoms with E-state index in [4.69, 9.17) is 0 Å². The first-order valence-electron chi connectivity index (χ1n) is 12.1. The molecule has 20 N–H and O–H groups in total. The molecule has 0 saturated carbocycles. The molecule has 0 aliphatic heterocycles. The van der Waals surface area contributed by atoms with Crippen molar-refractivity contribution in [2.24, 2.45) is 0 Å². The average molecular weight is 967 g/mol. The molecule has 0 amide bonds. The molecule has 0 aliphatic carbocycles. The minimum absolute atomic E-state index is 0. The fourth-order valence-electron chi connectivity index (χ4n) is 5.27. The maximum absolute atomic E-state index is 13.0. The van der Waals surface area contributed by atoms with Crippen LogP contribution < -0.4 is 0 Å². The highest BCUT2D eigenvalue weighted by Crippen LogP contribution is 2.74. The van der Waals surface area contributed by atoms with Crippen molar-refractivity contribution in [1.82, 2.24) is 0 Å². The van der Waals surface area contributed by atoms with Crippen molar-refractivity contribution in [3.63, 3.8) is 0 Å². The summed E-state index contributed by atoms with van der Waals surface area (Å²) >= 11 is 0. The maximum Gasteiger partial charge on any atom is 0.330 e. The minimum Gasteiger partial charge on any atom is -0.324 e. The monoisotopic (exact) mass is 967 g/mol. The van der Waals surface area contributed by atoms with Gasteiger partial charge >= 0.3 is 76.0 Å². The van der Waals surface area contributed by atoms with E-state index < -0.39 is 133 Å². The number of hydrogen-bond acceptors (Lipinski definition) is 10. The second-order valence-electron chi connectivity index (χ2n) is 10.9. The van der Waals surface area contributed by atoms with Crippen LogP contribution in [0.4, 0.5) is 0 Å². The van der Waals surface area contributed by atoms with E-state index in [1.165, 1.54) is 0 Å². The van der Waals surface area contributed by atoms with E-state index in [1.54, 1.807) is 0 Å². The molecule has 9 atom stereocenters. The fourth-order valence-corrected chi connectivity index (χ4v) is 26.3. The Bertz CT molecular complexity index is 1750. The lowest BCUT2D eigenvalue weighted by atomic mass is 10.0. The molecule has 30 nitrogen and oxygen atoms in total. The smallest absolute Gasteiger partial charge is 0.324 e. The van der Waals surface area contributed by atoms with Crippen molar-refractivity contribution in [3.8, 4) is 0 Å². The van der Waals surface area contributed by atoms with Gasteiger partial charge in [-0.15, -0.1) is 0 Å². The van der Waals surface area contributed by atoms with Gasteiger partial charge in [-0.1, -0.05) is 6.92 Å². The summed E-state index contributed by atoms with van der Waals surface area (Å²) < 4.78 is 125. The average Bonchev–Trinajstić information content (AvgIpc) is 2.73. The molecule has 0 bridgehead atoms. The maximum atomic E-state index is 13.0. The Morgan fingerprint density at radius 2 is 0.500 bits per heavy atom. The minimum atomic E-state index is -7.41. The Morgan fingerprint density at radius 3 is 0.654 bits per heavy atom. The largest absolute Gasteiger partial charge is 0.330 e. The molecule has 0 aromatic heterocycles. The Balaban J connectivity index is 0. The highest BCUT2D eigenvalue weighted by molar-refractivity contribution is 7.64. The normalized spacial score (nSPS) is 20.4. The second kappa shape index (κ2) is 17.4. The zero-order valence-electron chi connectivity index (χ0n) is 25.0. The van der Waals surface area contributed by atoms with Crippen LogP contribution in [0.1, 0.15) is 6.92 Å². The third-order valence-electron chi connectivity index (χ3n) is 7.09. The van der Waals surface area contributed by atoms with Gasteiger partial charge in [0.05, 0.1) is 57.1 Å². The third-order valence-corrected chi connectivity index (χ3v) is 23.0. The summed E-state index contributed by atoms with van der Waals surface area (Å²) in [5, 5.41) is 0. The number of hydrogen-bond donors (Lipinski definition) is 20. The van der Waals surface area contributed by atoms with Crippen molar-refractivity contribution in [3.05, 3.63) is 0 Å². The SMILES string of the molecule is CC(C(C(C(C(C(C(C(C(CP(=O)(O)O)P(=O)(O)O)P(=O)(O)O)P(=O)(O)O)P(=O)(O)O)P(=O)(O)O)P(=O)(O)O)P(=O)(O)O)P(=O)(O)O)P(=O)(O)O.[B]. The van der Waals surface area contributed by atoms with Gasteiger partial charge in [0.2, 0.25) is 0 Å². The van der Waals surface area contributed by atoms with Crippen molar-refractivity contribution >= 4 is 84.4 Å². The van der Waals surface area contributed by atoms with Crippen LogP contribution in [0, 0.1) is 0 Å². The van der Waals surface area contributed by atoms with E-state index in [-0.39, 0.29) is 15.3 Å². The molecule has 0 aliphatic rings. The molecule has 41 heteroatoms. The summed E-state index contributed by atoms with van der Waals surface area (Å²) in [6, 6.07) is 0. The first-order valence-corrected chi connectivity index (χ1v) is 29.0. The van der Waals surface area contributed by atoms with E-state index in [0.29, 0.717) is 0 Å². The Kier molecular flexibility index (Phi) is 18.7. The van der Waals surface area contributed by atoms with Gasteiger partial charge < -0.3 is 97.9 Å². The lowest BCUT2D eigenvalue weighted by Gasteiger charge is -2.45. The molecule has 0 fully saturated rings. The summed E-state index contributed by atoms with van der Waals surface area (Å²) in [5.41, 5.74) is -38.5. The molecular weight excluding hydrogens is 933 g/mol. The molecule has 0 saturated heterocycles. The highest BCUT2D eigenvalue weighted by Gasteiger charge is 2.70. The van der Waals surface area contributed by atoms with Crippen molar-refractivity contribution in [2.75, 3.05) is 6.16 Å². The van der Waals surface area contributed by atoms with Crippen LogP contribution in [0.25, 0.3) is 0 Å². The van der Waals surface area contributed by atoms with E-state index in [0.717, 1.165) is 0 Å². The third kappa shape index (κ3) is 15.4. The summed E-state index contributed by atoms with van der Waals surface area (Å²) in [6.45, 7) is 0.0197. The molecule has 0 aromatic carbocycles. The quantitative estimate of drug-likeness (QED) is 0.0430. The number of rotatable bonds is 19. The fraction of sp³-hybridized carbons (Fsp3) is 1.00. The molecule has 3 radical (unpaired) electrons. The van der Waals surface area contributed by atoms with E-state index in [2.05, 4.69) is 0 Å². The summed E-state index contributed by atoms with van der Waals surface area (Å²) in [7, 11) is -69.5. The van der Waals surface area contributed by atoms with Gasteiger partial charge in [0.1, 0.15) is 0 Å². The van der Waals surface area contributed by atoms with E-state index in [9.17, 15) is 144 Å². The summed E-state index contributed by atoms with van der Waals surface area (Å²) in [5.74, 6) is 0. The van der Waals surface area contributed by atoms with Gasteiger partial charge in [-0.05, 0) is 0 Å². The van der Waals surface area contributed by atoms with Gasteiger partial charge in [0.15, 0.2) is 0 Å². The summed E-state index contributed by atoms with van der Waals surface area (Å²) in [4.78, 5) is 199. The van der Waals surface area contributed by atoms with Crippen molar-refractivity contribution < 1.29 is 144 Å². The molecule has 311 valence electrons. The molecule has 0 rings (SSSR count). The van der Waals surface area contributed by atoms with Gasteiger partial charge in [0, 0.05) is 8.41 Å². The summed E-state index contributed by atoms with van der Waals surface area (Å²) in [6.07, 6.45) is -2.59. The molecule has 0 aromatic rings.